The van der Waals surface area contributed by atoms with Gasteiger partial charge in [-0.15, -0.1) is 0 Å². The molecular weight excluding hydrogens is 347 g/mol. The first kappa shape index (κ1) is 12.5. The van der Waals surface area contributed by atoms with Gasteiger partial charge in [-0.25, -0.2) is 0 Å². The van der Waals surface area contributed by atoms with E-state index in [1.165, 1.54) is 21.9 Å². The predicted molar refractivity (Wildman–Crippen MR) is 88.7 cm³/mol. The Morgan fingerprint density at radius 2 is 1.63 bits per heavy atom. The molecule has 0 aliphatic heterocycles. The maximum atomic E-state index is 5.39. The highest BCUT2D eigenvalue weighted by molar-refractivity contribution is 14.1. The van der Waals surface area contributed by atoms with Crippen LogP contribution in [0.5, 0.6) is 5.75 Å². The van der Waals surface area contributed by atoms with Crippen LogP contribution in [0.1, 0.15) is 0 Å². The van der Waals surface area contributed by atoms with E-state index in [0.717, 1.165) is 9.32 Å². The molecule has 3 aromatic carbocycles. The van der Waals surface area contributed by atoms with E-state index in [4.69, 9.17) is 4.74 Å². The Labute approximate surface area is 126 Å². The fraction of sp³-hybridized carbons (Fsp3) is 0.0588. The zero-order valence-corrected chi connectivity index (χ0v) is 12.7. The highest BCUT2D eigenvalue weighted by Crippen LogP contribution is 2.33. The molecule has 0 heterocycles. The normalized spacial score (nSPS) is 10.6. The van der Waals surface area contributed by atoms with Crippen molar-refractivity contribution in [3.05, 3.63) is 64.2 Å². The molecule has 0 bridgehead atoms. The number of benzene rings is 3. The fourth-order valence-corrected chi connectivity index (χ4v) is 3.14. The lowest BCUT2D eigenvalue weighted by atomic mass is 10.0. The molecule has 0 fully saturated rings. The van der Waals surface area contributed by atoms with E-state index in [-0.39, 0.29) is 0 Å². The summed E-state index contributed by atoms with van der Waals surface area (Å²) in [6, 6.07) is 21.1. The predicted octanol–water partition coefficient (Wildman–Crippen LogP) is 5.12. The number of halogens is 1. The number of fused-ring (bicyclic) bond motifs is 1. The van der Waals surface area contributed by atoms with Crippen LogP contribution in [0.3, 0.4) is 0 Å². The average molecular weight is 360 g/mol. The van der Waals surface area contributed by atoms with Gasteiger partial charge in [0, 0.05) is 0 Å². The molecule has 0 aromatic heterocycles. The van der Waals surface area contributed by atoms with Crippen molar-refractivity contribution in [3.63, 3.8) is 0 Å². The molecule has 0 saturated heterocycles. The molecule has 94 valence electrons. The lowest BCUT2D eigenvalue weighted by Gasteiger charge is -2.10. The van der Waals surface area contributed by atoms with Gasteiger partial charge in [-0.3, -0.25) is 0 Å². The molecule has 3 aromatic rings. The van der Waals surface area contributed by atoms with E-state index in [2.05, 4.69) is 71.1 Å². The molecule has 2 heteroatoms. The van der Waals surface area contributed by atoms with E-state index < -0.39 is 0 Å². The molecule has 0 aliphatic rings. The van der Waals surface area contributed by atoms with Gasteiger partial charge < -0.3 is 4.74 Å². The van der Waals surface area contributed by atoms with Gasteiger partial charge in [-0.05, 0) is 56.6 Å². The third kappa shape index (κ3) is 2.32. The summed E-state index contributed by atoms with van der Waals surface area (Å²) in [6.07, 6.45) is 0. The lowest BCUT2D eigenvalue weighted by molar-refractivity contribution is 0.412. The first-order valence-corrected chi connectivity index (χ1v) is 7.19. The SMILES string of the molecule is COc1cccc(-c2ccc3ccccc3c2)c1I. The molecule has 0 saturated carbocycles. The third-order valence-corrected chi connectivity index (χ3v) is 4.36. The first-order valence-electron chi connectivity index (χ1n) is 6.11. The second-order valence-electron chi connectivity index (χ2n) is 4.38. The maximum Gasteiger partial charge on any atom is 0.132 e. The molecule has 0 radical (unpaired) electrons. The van der Waals surface area contributed by atoms with Crippen LogP contribution in [0.2, 0.25) is 0 Å². The average Bonchev–Trinajstić information content (AvgIpc) is 2.47. The van der Waals surface area contributed by atoms with Gasteiger partial charge in [-0.1, -0.05) is 48.5 Å². The minimum absolute atomic E-state index is 0.922. The van der Waals surface area contributed by atoms with Crippen molar-refractivity contribution >= 4 is 33.4 Å². The Morgan fingerprint density at radius 1 is 0.842 bits per heavy atom. The van der Waals surface area contributed by atoms with E-state index >= 15 is 0 Å². The number of methoxy groups -OCH3 is 1. The van der Waals surface area contributed by atoms with Crippen LogP contribution in [0.4, 0.5) is 0 Å². The zero-order chi connectivity index (χ0) is 13.2. The largest absolute Gasteiger partial charge is 0.496 e. The molecule has 1 nitrogen and oxygen atoms in total. The van der Waals surface area contributed by atoms with Gasteiger partial charge >= 0.3 is 0 Å². The monoisotopic (exact) mass is 360 g/mol. The smallest absolute Gasteiger partial charge is 0.132 e. The Kier molecular flexibility index (Phi) is 3.42. The molecule has 0 unspecified atom stereocenters. The molecular formula is C17H13IO. The van der Waals surface area contributed by atoms with Crippen molar-refractivity contribution in [3.8, 4) is 16.9 Å². The second-order valence-corrected chi connectivity index (χ2v) is 5.46. The van der Waals surface area contributed by atoms with Crippen molar-refractivity contribution < 1.29 is 4.74 Å². The Bertz CT molecular complexity index is 734. The van der Waals surface area contributed by atoms with E-state index in [1.807, 2.05) is 12.1 Å². The minimum atomic E-state index is 0.922. The van der Waals surface area contributed by atoms with Crippen LogP contribution in [0.15, 0.2) is 60.7 Å². The maximum absolute atomic E-state index is 5.39. The van der Waals surface area contributed by atoms with E-state index in [9.17, 15) is 0 Å². The Balaban J connectivity index is 2.19. The van der Waals surface area contributed by atoms with Gasteiger partial charge in [0.2, 0.25) is 0 Å². The van der Waals surface area contributed by atoms with Crippen LogP contribution in [-0.2, 0) is 0 Å². The lowest BCUT2D eigenvalue weighted by Crippen LogP contribution is -1.90. The highest BCUT2D eigenvalue weighted by atomic mass is 127. The van der Waals surface area contributed by atoms with E-state index in [1.54, 1.807) is 7.11 Å². The molecule has 0 atom stereocenters. The van der Waals surface area contributed by atoms with Crippen molar-refractivity contribution in [2.75, 3.05) is 7.11 Å². The summed E-state index contributed by atoms with van der Waals surface area (Å²) in [5.74, 6) is 0.922. The van der Waals surface area contributed by atoms with Gasteiger partial charge in [-0.2, -0.15) is 0 Å². The summed E-state index contributed by atoms with van der Waals surface area (Å²) >= 11 is 2.34. The number of rotatable bonds is 2. The van der Waals surface area contributed by atoms with Crippen LogP contribution in [-0.4, -0.2) is 7.11 Å². The van der Waals surface area contributed by atoms with Gasteiger partial charge in [0.15, 0.2) is 0 Å². The zero-order valence-electron chi connectivity index (χ0n) is 10.6. The van der Waals surface area contributed by atoms with E-state index in [0.29, 0.717) is 0 Å². The first-order chi connectivity index (χ1) is 9.29. The Morgan fingerprint density at radius 3 is 2.42 bits per heavy atom. The van der Waals surface area contributed by atoms with Crippen molar-refractivity contribution in [1.82, 2.24) is 0 Å². The van der Waals surface area contributed by atoms with Gasteiger partial charge in [0.25, 0.3) is 0 Å². The topological polar surface area (TPSA) is 9.23 Å². The highest BCUT2D eigenvalue weighted by Gasteiger charge is 2.08. The van der Waals surface area contributed by atoms with Gasteiger partial charge in [0.1, 0.15) is 5.75 Å². The minimum Gasteiger partial charge on any atom is -0.496 e. The summed E-state index contributed by atoms with van der Waals surface area (Å²) in [5.41, 5.74) is 2.44. The molecule has 0 aliphatic carbocycles. The van der Waals surface area contributed by atoms with Crippen LogP contribution < -0.4 is 4.74 Å². The van der Waals surface area contributed by atoms with Crippen LogP contribution >= 0.6 is 22.6 Å². The van der Waals surface area contributed by atoms with Crippen molar-refractivity contribution in [1.29, 1.82) is 0 Å². The standard InChI is InChI=1S/C17H13IO/c1-19-16-8-4-7-15(17(16)18)14-10-9-12-5-2-3-6-13(12)11-14/h2-11H,1H3. The van der Waals surface area contributed by atoms with Crippen LogP contribution in [0.25, 0.3) is 21.9 Å². The number of hydrogen-bond acceptors (Lipinski definition) is 1. The molecule has 19 heavy (non-hydrogen) atoms. The second kappa shape index (κ2) is 5.21. The fourth-order valence-electron chi connectivity index (χ4n) is 2.25. The Hall–Kier alpha value is -1.55. The van der Waals surface area contributed by atoms with Crippen molar-refractivity contribution in [2.45, 2.75) is 0 Å². The molecule has 0 N–H and O–H groups in total. The summed E-state index contributed by atoms with van der Waals surface area (Å²) in [5, 5.41) is 2.53. The summed E-state index contributed by atoms with van der Waals surface area (Å²) in [6.45, 7) is 0. The summed E-state index contributed by atoms with van der Waals surface area (Å²) in [7, 11) is 1.71. The molecule has 0 amide bonds. The van der Waals surface area contributed by atoms with Crippen molar-refractivity contribution in [2.24, 2.45) is 0 Å². The molecule has 3 rings (SSSR count). The van der Waals surface area contributed by atoms with Crippen LogP contribution in [0, 0.1) is 3.57 Å². The summed E-state index contributed by atoms with van der Waals surface area (Å²) < 4.78 is 6.54. The summed E-state index contributed by atoms with van der Waals surface area (Å²) in [4.78, 5) is 0. The number of hydrogen-bond donors (Lipinski definition) is 0. The number of ether oxygens (including phenoxy) is 1. The van der Waals surface area contributed by atoms with Gasteiger partial charge in [0.05, 0.1) is 10.7 Å². The third-order valence-electron chi connectivity index (χ3n) is 3.24. The quantitative estimate of drug-likeness (QED) is 0.577. The molecule has 0 spiro atoms.